The molecule has 2 unspecified atom stereocenters. The van der Waals surface area contributed by atoms with E-state index in [0.29, 0.717) is 37.7 Å². The van der Waals surface area contributed by atoms with Crippen molar-refractivity contribution < 1.29 is 23.7 Å². The van der Waals surface area contributed by atoms with Crippen molar-refractivity contribution in [2.75, 3.05) is 46.6 Å². The summed E-state index contributed by atoms with van der Waals surface area (Å²) < 4.78 is 32.0. The van der Waals surface area contributed by atoms with E-state index in [1.165, 1.54) is 17.7 Å². The predicted octanol–water partition coefficient (Wildman–Crippen LogP) is 3.81. The van der Waals surface area contributed by atoms with Crippen molar-refractivity contribution in [2.24, 2.45) is 5.92 Å². The molecule has 5 nitrogen and oxygen atoms in total. The Bertz CT molecular complexity index is 849. The quantitative estimate of drug-likeness (QED) is 0.673. The van der Waals surface area contributed by atoms with Gasteiger partial charge in [-0.25, -0.2) is 4.39 Å². The van der Waals surface area contributed by atoms with Gasteiger partial charge >= 0.3 is 0 Å². The maximum atomic E-state index is 14.4. The van der Waals surface area contributed by atoms with Crippen LogP contribution in [0.1, 0.15) is 24.0 Å². The maximum Gasteiger partial charge on any atom is 0.123 e. The van der Waals surface area contributed by atoms with Crippen LogP contribution < -0.4 is 4.74 Å². The van der Waals surface area contributed by atoms with Gasteiger partial charge in [0.25, 0.3) is 0 Å². The molecule has 0 amide bonds. The molecule has 0 spiro atoms. The van der Waals surface area contributed by atoms with E-state index in [1.807, 2.05) is 18.2 Å². The monoisotopic (exact) mass is 465 g/mol. The number of hydrogen-bond acceptors (Lipinski definition) is 5. The Hall–Kier alpha value is -1.70. The normalized spacial score (nSPS) is 22.0. The van der Waals surface area contributed by atoms with Crippen LogP contribution in [0.15, 0.2) is 48.5 Å². The summed E-state index contributed by atoms with van der Waals surface area (Å²) in [5.41, 5.74) is 1.16. The average molecular weight is 466 g/mol. The first kappa shape index (κ1) is 24.9. The highest BCUT2D eigenvalue weighted by molar-refractivity contribution is 5.85. The number of rotatable bonds is 7. The molecule has 7 heteroatoms. The summed E-state index contributed by atoms with van der Waals surface area (Å²) in [5.74, 6) is 0.354. The number of aliphatic hydroxyl groups excluding tert-OH is 1. The molecular formula is C25H33ClFNO4. The lowest BCUT2D eigenvalue weighted by Crippen LogP contribution is -2.58. The van der Waals surface area contributed by atoms with Gasteiger partial charge < -0.3 is 19.3 Å². The van der Waals surface area contributed by atoms with Crippen LogP contribution in [0.25, 0.3) is 0 Å². The molecule has 176 valence electrons. The van der Waals surface area contributed by atoms with Gasteiger partial charge in [0.15, 0.2) is 0 Å². The number of hydrogen-bond donors (Lipinski definition) is 1. The van der Waals surface area contributed by atoms with Crippen LogP contribution in [-0.4, -0.2) is 62.7 Å². The average Bonchev–Trinajstić information content (AvgIpc) is 2.82. The van der Waals surface area contributed by atoms with Gasteiger partial charge in [-0.15, -0.1) is 12.4 Å². The molecule has 0 bridgehead atoms. The van der Waals surface area contributed by atoms with Crippen molar-refractivity contribution in [1.29, 1.82) is 0 Å². The zero-order chi connectivity index (χ0) is 21.7. The Morgan fingerprint density at radius 1 is 1.12 bits per heavy atom. The maximum absolute atomic E-state index is 14.4. The molecule has 2 aliphatic rings. The number of halogens is 2. The summed E-state index contributed by atoms with van der Waals surface area (Å²) in [4.78, 5) is 2.36. The summed E-state index contributed by atoms with van der Waals surface area (Å²) in [6.07, 6.45) is 1.30. The minimum atomic E-state index is -0.771. The fourth-order valence-corrected chi connectivity index (χ4v) is 5.23. The van der Waals surface area contributed by atoms with Gasteiger partial charge in [0, 0.05) is 38.4 Å². The zero-order valence-corrected chi connectivity index (χ0v) is 19.4. The lowest BCUT2D eigenvalue weighted by Gasteiger charge is -2.50. The second-order valence-corrected chi connectivity index (χ2v) is 8.51. The summed E-state index contributed by atoms with van der Waals surface area (Å²) in [7, 11) is 1.59. The van der Waals surface area contributed by atoms with E-state index in [0.717, 1.165) is 25.9 Å². The van der Waals surface area contributed by atoms with Crippen LogP contribution in [0.5, 0.6) is 5.75 Å². The van der Waals surface area contributed by atoms with Crippen LogP contribution in [0.4, 0.5) is 4.39 Å². The molecule has 32 heavy (non-hydrogen) atoms. The Morgan fingerprint density at radius 2 is 1.88 bits per heavy atom. The van der Waals surface area contributed by atoms with Crippen LogP contribution >= 0.6 is 12.4 Å². The molecule has 2 aliphatic heterocycles. The Balaban J connectivity index is 0.00000289. The SMILES string of the molecule is COc1ccc(F)cc1C(CO)(C1CCOCC1)C1CN(Cc2ccccc2)CCO1.Cl. The second kappa shape index (κ2) is 11.4. The largest absolute Gasteiger partial charge is 0.496 e. The molecule has 0 saturated carbocycles. The van der Waals surface area contributed by atoms with Crippen molar-refractivity contribution in [1.82, 2.24) is 4.90 Å². The first-order valence-corrected chi connectivity index (χ1v) is 11.1. The van der Waals surface area contributed by atoms with Gasteiger partial charge in [-0.05, 0) is 42.5 Å². The van der Waals surface area contributed by atoms with Gasteiger partial charge in [0.1, 0.15) is 11.6 Å². The van der Waals surface area contributed by atoms with Crippen molar-refractivity contribution >= 4 is 12.4 Å². The van der Waals surface area contributed by atoms with Crippen LogP contribution in [0.2, 0.25) is 0 Å². The third-order valence-corrected chi connectivity index (χ3v) is 6.85. The number of ether oxygens (including phenoxy) is 3. The molecule has 2 heterocycles. The lowest BCUT2D eigenvalue weighted by molar-refractivity contribution is -0.114. The fourth-order valence-electron chi connectivity index (χ4n) is 5.23. The van der Waals surface area contributed by atoms with E-state index in [2.05, 4.69) is 17.0 Å². The Morgan fingerprint density at radius 3 is 2.56 bits per heavy atom. The standard InChI is InChI=1S/C25H32FNO4.ClH/c1-29-23-8-7-21(26)15-22(23)25(18-28,20-9-12-30-13-10-20)24-17-27(11-14-31-24)16-19-5-3-2-4-6-19;/h2-8,15,20,24,28H,9-14,16-18H2,1H3;1H. The highest BCUT2D eigenvalue weighted by Crippen LogP contribution is 2.46. The molecular weight excluding hydrogens is 433 g/mol. The molecule has 2 fully saturated rings. The van der Waals surface area contributed by atoms with Crippen molar-refractivity contribution in [2.45, 2.75) is 30.9 Å². The summed E-state index contributed by atoms with van der Waals surface area (Å²) in [5, 5.41) is 10.9. The molecule has 2 aromatic rings. The summed E-state index contributed by atoms with van der Waals surface area (Å²) in [6, 6.07) is 14.9. The van der Waals surface area contributed by atoms with Crippen LogP contribution in [-0.2, 0) is 21.4 Å². The number of aliphatic hydroxyl groups is 1. The highest BCUT2D eigenvalue weighted by atomic mass is 35.5. The van der Waals surface area contributed by atoms with Crippen molar-refractivity contribution in [3.8, 4) is 5.75 Å². The van der Waals surface area contributed by atoms with Crippen molar-refractivity contribution in [3.05, 3.63) is 65.5 Å². The van der Waals surface area contributed by atoms with Gasteiger partial charge in [-0.3, -0.25) is 4.90 Å². The summed E-state index contributed by atoms with van der Waals surface area (Å²) >= 11 is 0. The van der Waals surface area contributed by atoms with Gasteiger partial charge in [-0.2, -0.15) is 0 Å². The van der Waals surface area contributed by atoms with Crippen LogP contribution in [0.3, 0.4) is 0 Å². The smallest absolute Gasteiger partial charge is 0.123 e. The molecule has 0 aliphatic carbocycles. The van der Waals surface area contributed by atoms with E-state index >= 15 is 0 Å². The molecule has 2 aromatic carbocycles. The second-order valence-electron chi connectivity index (χ2n) is 8.51. The highest BCUT2D eigenvalue weighted by Gasteiger charge is 2.50. The molecule has 0 aromatic heterocycles. The predicted molar refractivity (Wildman–Crippen MR) is 124 cm³/mol. The first-order chi connectivity index (χ1) is 15.2. The molecule has 2 saturated heterocycles. The number of methoxy groups -OCH3 is 1. The first-order valence-electron chi connectivity index (χ1n) is 11.1. The Kier molecular flexibility index (Phi) is 8.91. The fraction of sp³-hybridized carbons (Fsp3) is 0.520. The zero-order valence-electron chi connectivity index (χ0n) is 18.5. The van der Waals surface area contributed by atoms with E-state index in [4.69, 9.17) is 14.2 Å². The lowest BCUT2D eigenvalue weighted by atomic mass is 9.63. The van der Waals surface area contributed by atoms with Crippen molar-refractivity contribution in [3.63, 3.8) is 0 Å². The van der Waals surface area contributed by atoms with Gasteiger partial charge in [0.2, 0.25) is 0 Å². The van der Waals surface area contributed by atoms with Crippen LogP contribution in [0, 0.1) is 11.7 Å². The van der Waals surface area contributed by atoms with E-state index in [-0.39, 0.29) is 36.9 Å². The molecule has 2 atom stereocenters. The summed E-state index contributed by atoms with van der Waals surface area (Å²) in [6.45, 7) is 3.99. The Labute approximate surface area is 195 Å². The number of morpholine rings is 1. The molecule has 4 rings (SSSR count). The minimum absolute atomic E-state index is 0. The number of nitrogens with zero attached hydrogens (tertiary/aromatic N) is 1. The van der Waals surface area contributed by atoms with E-state index in [1.54, 1.807) is 13.2 Å². The topological polar surface area (TPSA) is 51.2 Å². The molecule has 1 N–H and O–H groups in total. The third-order valence-electron chi connectivity index (χ3n) is 6.85. The van der Waals surface area contributed by atoms with Gasteiger partial charge in [0.05, 0.1) is 31.8 Å². The van der Waals surface area contributed by atoms with E-state index in [9.17, 15) is 9.50 Å². The van der Waals surface area contributed by atoms with E-state index < -0.39 is 5.41 Å². The third kappa shape index (κ3) is 5.10. The minimum Gasteiger partial charge on any atom is -0.496 e. The van der Waals surface area contributed by atoms with Gasteiger partial charge in [-0.1, -0.05) is 30.3 Å². The molecule has 0 radical (unpaired) electrons. The number of benzene rings is 2.